The van der Waals surface area contributed by atoms with E-state index in [-0.39, 0.29) is 11.1 Å². The van der Waals surface area contributed by atoms with Crippen molar-refractivity contribution in [3.63, 3.8) is 0 Å². The molecule has 0 fully saturated rings. The summed E-state index contributed by atoms with van der Waals surface area (Å²) in [5, 5.41) is 10.7. The summed E-state index contributed by atoms with van der Waals surface area (Å²) >= 11 is 0. The molecule has 0 aliphatic heterocycles. The van der Waals surface area contributed by atoms with Crippen LogP contribution in [0.5, 0.6) is 0 Å². The molecule has 0 radical (unpaired) electrons. The fourth-order valence-electron chi connectivity index (χ4n) is 2.05. The lowest BCUT2D eigenvalue weighted by molar-refractivity contribution is -0.0607. The van der Waals surface area contributed by atoms with Gasteiger partial charge < -0.3 is 5.11 Å². The highest BCUT2D eigenvalue weighted by molar-refractivity contribution is 7.87. The van der Waals surface area contributed by atoms with Crippen LogP contribution in [0.1, 0.15) is 15.9 Å². The Morgan fingerprint density at radius 1 is 0.960 bits per heavy atom. The summed E-state index contributed by atoms with van der Waals surface area (Å²) < 4.78 is 63.5. The standard InChI is InChI=1S/C16H13F3O5S/c17-16(18,19)25(22,23)24-11-15(21,13-9-5-2-6-10-13)14(20)12-7-3-1-4-8-12/h1-10,21H,11H2. The number of hydrogen-bond acceptors (Lipinski definition) is 5. The van der Waals surface area contributed by atoms with Gasteiger partial charge in [-0.3, -0.25) is 8.98 Å². The van der Waals surface area contributed by atoms with E-state index >= 15 is 0 Å². The summed E-state index contributed by atoms with van der Waals surface area (Å²) in [4.78, 5) is 12.6. The summed E-state index contributed by atoms with van der Waals surface area (Å²) in [6, 6.07) is 14.3. The number of hydrogen-bond donors (Lipinski definition) is 1. The second kappa shape index (κ2) is 6.95. The minimum atomic E-state index is -5.97. The van der Waals surface area contributed by atoms with Crippen LogP contribution >= 0.6 is 0 Å². The Hall–Kier alpha value is -2.23. The molecule has 0 saturated carbocycles. The molecule has 0 aromatic heterocycles. The number of aliphatic hydroxyl groups is 1. The van der Waals surface area contributed by atoms with Crippen LogP contribution in [0.25, 0.3) is 0 Å². The summed E-state index contributed by atoms with van der Waals surface area (Å²) in [5.41, 5.74) is -8.38. The second-order valence-corrected chi connectivity index (χ2v) is 6.69. The third kappa shape index (κ3) is 4.06. The van der Waals surface area contributed by atoms with Gasteiger partial charge in [0.05, 0.1) is 0 Å². The summed E-state index contributed by atoms with van der Waals surface area (Å²) in [5.74, 6) is -0.989. The van der Waals surface area contributed by atoms with Gasteiger partial charge in [0, 0.05) is 5.56 Å². The van der Waals surface area contributed by atoms with Crippen molar-refractivity contribution in [1.29, 1.82) is 0 Å². The van der Waals surface area contributed by atoms with Crippen LogP contribution in [0.4, 0.5) is 13.2 Å². The minimum absolute atomic E-state index is 0.0122. The topological polar surface area (TPSA) is 80.7 Å². The predicted octanol–water partition coefficient (Wildman–Crippen LogP) is 2.62. The lowest BCUT2D eigenvalue weighted by atomic mass is 9.86. The Bertz CT molecular complexity index is 835. The third-order valence-electron chi connectivity index (χ3n) is 3.37. The van der Waals surface area contributed by atoms with E-state index in [0.717, 1.165) is 0 Å². The number of halogens is 3. The van der Waals surface area contributed by atoms with Crippen molar-refractivity contribution >= 4 is 15.9 Å². The second-order valence-electron chi connectivity index (χ2n) is 5.08. The Morgan fingerprint density at radius 2 is 1.44 bits per heavy atom. The lowest BCUT2D eigenvalue weighted by Gasteiger charge is -2.27. The SMILES string of the molecule is O=C(c1ccccc1)C(O)(COS(=O)(=O)C(F)(F)F)c1ccccc1. The summed E-state index contributed by atoms with van der Waals surface area (Å²) in [6.45, 7) is -1.41. The Balaban J connectivity index is 2.43. The minimum Gasteiger partial charge on any atom is -0.375 e. The normalized spacial score (nSPS) is 14.7. The van der Waals surface area contributed by atoms with E-state index < -0.39 is 33.6 Å². The molecular weight excluding hydrogens is 361 g/mol. The number of ketones is 1. The lowest BCUT2D eigenvalue weighted by Crippen LogP contribution is -2.42. The van der Waals surface area contributed by atoms with Gasteiger partial charge >= 0.3 is 15.6 Å². The zero-order valence-corrected chi connectivity index (χ0v) is 13.4. The number of Topliss-reactive ketones (excluding diaryl/α,β-unsaturated/α-hetero) is 1. The molecule has 2 aromatic carbocycles. The highest BCUT2D eigenvalue weighted by atomic mass is 32.2. The van der Waals surface area contributed by atoms with Crippen molar-refractivity contribution in [2.75, 3.05) is 6.61 Å². The fraction of sp³-hybridized carbons (Fsp3) is 0.188. The quantitative estimate of drug-likeness (QED) is 0.478. The van der Waals surface area contributed by atoms with E-state index in [4.69, 9.17) is 0 Å². The first kappa shape index (κ1) is 19.1. The highest BCUT2D eigenvalue weighted by Crippen LogP contribution is 2.30. The monoisotopic (exact) mass is 374 g/mol. The van der Waals surface area contributed by atoms with Gasteiger partial charge in [-0.2, -0.15) is 21.6 Å². The number of rotatable bonds is 6. The van der Waals surface area contributed by atoms with Crippen molar-refractivity contribution in [2.24, 2.45) is 0 Å². The van der Waals surface area contributed by atoms with Crippen molar-refractivity contribution in [2.45, 2.75) is 11.1 Å². The first-order chi connectivity index (χ1) is 11.6. The third-order valence-corrected chi connectivity index (χ3v) is 4.36. The molecule has 0 aliphatic rings. The van der Waals surface area contributed by atoms with Crippen LogP contribution < -0.4 is 0 Å². The molecule has 1 unspecified atom stereocenters. The molecule has 9 heteroatoms. The van der Waals surface area contributed by atoms with Gasteiger partial charge in [0.1, 0.15) is 6.61 Å². The molecule has 0 bridgehead atoms. The molecule has 1 atom stereocenters. The Labute approximate surface area is 141 Å². The van der Waals surface area contributed by atoms with Gasteiger partial charge in [0.25, 0.3) is 0 Å². The van der Waals surface area contributed by atoms with E-state index in [1.165, 1.54) is 48.5 Å². The number of benzene rings is 2. The van der Waals surface area contributed by atoms with E-state index in [9.17, 15) is 31.5 Å². The molecule has 2 rings (SSSR count). The number of carbonyl (C=O) groups is 1. The first-order valence-corrected chi connectivity index (χ1v) is 8.32. The maximum absolute atomic E-state index is 12.6. The molecule has 0 aliphatic carbocycles. The van der Waals surface area contributed by atoms with Gasteiger partial charge in [-0.15, -0.1) is 0 Å². The molecule has 2 aromatic rings. The number of alkyl halides is 3. The zero-order chi connectivity index (χ0) is 18.7. The Kier molecular flexibility index (Phi) is 5.31. The molecule has 1 N–H and O–H groups in total. The largest absolute Gasteiger partial charge is 0.523 e. The van der Waals surface area contributed by atoms with Crippen molar-refractivity contribution in [3.8, 4) is 0 Å². The summed E-state index contributed by atoms with van der Waals surface area (Å²) in [6.07, 6.45) is 0. The average Bonchev–Trinajstić information content (AvgIpc) is 2.59. The molecule has 25 heavy (non-hydrogen) atoms. The zero-order valence-electron chi connectivity index (χ0n) is 12.6. The van der Waals surface area contributed by atoms with Gasteiger partial charge in [-0.05, 0) is 5.56 Å². The van der Waals surface area contributed by atoms with E-state index in [1.807, 2.05) is 0 Å². The van der Waals surface area contributed by atoms with Crippen LogP contribution in [0, 0.1) is 0 Å². The Morgan fingerprint density at radius 3 is 1.92 bits per heavy atom. The smallest absolute Gasteiger partial charge is 0.375 e. The average molecular weight is 374 g/mol. The van der Waals surface area contributed by atoms with E-state index in [1.54, 1.807) is 12.1 Å². The molecule has 5 nitrogen and oxygen atoms in total. The van der Waals surface area contributed by atoms with Crippen LogP contribution in [0.2, 0.25) is 0 Å². The maximum atomic E-state index is 12.6. The molecular formula is C16H13F3O5S. The van der Waals surface area contributed by atoms with Gasteiger partial charge in [-0.25, -0.2) is 0 Å². The molecule has 0 amide bonds. The van der Waals surface area contributed by atoms with E-state index in [0.29, 0.717) is 0 Å². The van der Waals surface area contributed by atoms with Gasteiger partial charge in [0.2, 0.25) is 5.78 Å². The van der Waals surface area contributed by atoms with Crippen molar-refractivity contribution in [3.05, 3.63) is 71.8 Å². The molecule has 0 spiro atoms. The first-order valence-electron chi connectivity index (χ1n) is 6.91. The molecule has 0 heterocycles. The number of carbonyl (C=O) groups excluding carboxylic acids is 1. The van der Waals surface area contributed by atoms with Crippen LogP contribution in [0.15, 0.2) is 60.7 Å². The van der Waals surface area contributed by atoms with Crippen LogP contribution in [-0.2, 0) is 19.9 Å². The fourth-order valence-corrected chi connectivity index (χ4v) is 2.51. The van der Waals surface area contributed by atoms with Crippen LogP contribution in [0.3, 0.4) is 0 Å². The molecule has 0 saturated heterocycles. The highest BCUT2D eigenvalue weighted by Gasteiger charge is 2.50. The van der Waals surface area contributed by atoms with Crippen molar-refractivity contribution in [1.82, 2.24) is 0 Å². The predicted molar refractivity (Wildman–Crippen MR) is 82.0 cm³/mol. The van der Waals surface area contributed by atoms with Gasteiger partial charge in [-0.1, -0.05) is 60.7 Å². The van der Waals surface area contributed by atoms with Gasteiger partial charge in [0.15, 0.2) is 5.60 Å². The van der Waals surface area contributed by atoms with Crippen LogP contribution in [-0.4, -0.2) is 31.4 Å². The van der Waals surface area contributed by atoms with Crippen molar-refractivity contribution < 1.29 is 35.7 Å². The molecule has 134 valence electrons. The summed E-state index contributed by atoms with van der Waals surface area (Å²) in [7, 11) is -5.97. The maximum Gasteiger partial charge on any atom is 0.523 e. The van der Waals surface area contributed by atoms with E-state index in [2.05, 4.69) is 4.18 Å².